The van der Waals surface area contributed by atoms with Crippen molar-refractivity contribution in [2.45, 2.75) is 39.0 Å². The van der Waals surface area contributed by atoms with E-state index in [1.807, 2.05) is 13.8 Å². The molecule has 0 saturated carbocycles. The molecule has 2 unspecified atom stereocenters. The van der Waals surface area contributed by atoms with Gasteiger partial charge >= 0.3 is 12.6 Å². The lowest BCUT2D eigenvalue weighted by atomic mass is 10.0. The Morgan fingerprint density at radius 3 is 2.52 bits per heavy atom. The smallest absolute Gasteiger partial charge is 0.387 e. The number of nitrogens with one attached hydrogen (secondary N) is 1. The third-order valence-electron chi connectivity index (χ3n) is 3.05. The van der Waals surface area contributed by atoms with Crippen molar-refractivity contribution in [2.24, 2.45) is 0 Å². The minimum atomic E-state index is -3.01. The normalized spacial score (nSPS) is 13.8. The molecule has 0 aliphatic carbocycles. The van der Waals surface area contributed by atoms with Gasteiger partial charge in [-0.25, -0.2) is 0 Å². The van der Waals surface area contributed by atoms with Crippen molar-refractivity contribution < 1.29 is 28.2 Å². The van der Waals surface area contributed by atoms with E-state index >= 15 is 0 Å². The second-order valence-electron chi connectivity index (χ2n) is 4.54. The lowest BCUT2D eigenvalue weighted by Crippen LogP contribution is -2.35. The van der Waals surface area contributed by atoms with E-state index < -0.39 is 18.6 Å². The number of benzene rings is 1. The molecule has 0 radical (unpaired) electrons. The summed E-state index contributed by atoms with van der Waals surface area (Å²) in [6, 6.07) is 3.12. The van der Waals surface area contributed by atoms with Crippen LogP contribution in [0.5, 0.6) is 11.5 Å². The number of alkyl halides is 2. The van der Waals surface area contributed by atoms with Crippen molar-refractivity contribution in [2.75, 3.05) is 7.11 Å². The topological polar surface area (TPSA) is 67.8 Å². The highest BCUT2D eigenvalue weighted by molar-refractivity contribution is 5.76. The number of carboxylic acid groups (broad SMARTS) is 1. The maximum absolute atomic E-state index is 12.4. The van der Waals surface area contributed by atoms with Gasteiger partial charge < -0.3 is 14.6 Å². The zero-order chi connectivity index (χ0) is 16.0. The minimum Gasteiger partial charge on any atom is -0.493 e. The Morgan fingerprint density at radius 1 is 1.38 bits per heavy atom. The number of carbonyl (C=O) groups is 1. The van der Waals surface area contributed by atoms with Gasteiger partial charge in [-0.05, 0) is 31.0 Å². The highest BCUT2D eigenvalue weighted by Gasteiger charge is 2.23. The minimum absolute atomic E-state index is 0.0346. The van der Waals surface area contributed by atoms with E-state index in [1.54, 1.807) is 0 Å². The predicted molar refractivity (Wildman–Crippen MR) is 72.9 cm³/mol. The molecule has 0 fully saturated rings. The van der Waals surface area contributed by atoms with Crippen molar-refractivity contribution in [3.63, 3.8) is 0 Å². The highest BCUT2D eigenvalue weighted by atomic mass is 19.3. The zero-order valence-electron chi connectivity index (χ0n) is 12.1. The number of hydrogen-bond donors (Lipinski definition) is 2. The van der Waals surface area contributed by atoms with Crippen LogP contribution >= 0.6 is 0 Å². The Balaban J connectivity index is 3.11. The van der Waals surface area contributed by atoms with Gasteiger partial charge in [-0.1, -0.05) is 13.0 Å². The van der Waals surface area contributed by atoms with Crippen LogP contribution in [0, 0.1) is 0 Å². The van der Waals surface area contributed by atoms with E-state index in [2.05, 4.69) is 10.1 Å². The molecule has 0 bridgehead atoms. The van der Waals surface area contributed by atoms with Crippen molar-refractivity contribution in [3.8, 4) is 11.5 Å². The summed E-state index contributed by atoms with van der Waals surface area (Å²) in [6.45, 7) is 0.742. The Hall–Kier alpha value is -1.89. The second-order valence-corrected chi connectivity index (χ2v) is 4.54. The van der Waals surface area contributed by atoms with Crippen LogP contribution in [-0.2, 0) is 4.79 Å². The summed E-state index contributed by atoms with van der Waals surface area (Å²) in [5, 5.41) is 12.2. The fourth-order valence-electron chi connectivity index (χ4n) is 1.77. The number of rotatable bonds is 8. The van der Waals surface area contributed by atoms with E-state index in [4.69, 9.17) is 4.74 Å². The molecule has 1 rings (SSSR count). The van der Waals surface area contributed by atoms with Gasteiger partial charge in [0.2, 0.25) is 0 Å². The van der Waals surface area contributed by atoms with Crippen LogP contribution in [-0.4, -0.2) is 30.8 Å². The molecule has 0 aromatic heterocycles. The fraction of sp³-hybridized carbons (Fsp3) is 0.500. The number of hydrogen-bond acceptors (Lipinski definition) is 4. The average molecular weight is 303 g/mol. The van der Waals surface area contributed by atoms with Crippen molar-refractivity contribution in [1.29, 1.82) is 0 Å². The number of carboxylic acids is 1. The van der Waals surface area contributed by atoms with Gasteiger partial charge in [0, 0.05) is 6.04 Å². The van der Waals surface area contributed by atoms with Gasteiger partial charge in [0.25, 0.3) is 0 Å². The van der Waals surface area contributed by atoms with E-state index in [0.29, 0.717) is 5.56 Å². The summed E-state index contributed by atoms with van der Waals surface area (Å²) in [5.74, 6) is -1.17. The summed E-state index contributed by atoms with van der Waals surface area (Å²) in [5.41, 5.74) is 0.319. The molecule has 118 valence electrons. The molecule has 1 aromatic rings. The molecule has 2 N–H and O–H groups in total. The quantitative estimate of drug-likeness (QED) is 0.773. The highest BCUT2D eigenvalue weighted by Crippen LogP contribution is 2.31. The standard InChI is InChI=1S/C14H19F2NO4/c1-4-8(2)17-12(13(18)19)9-5-6-10(20-3)11(7-9)21-14(15)16/h5-8,12,14,17H,4H2,1-3H3,(H,18,19). The second kappa shape index (κ2) is 7.78. The van der Waals surface area contributed by atoms with Crippen LogP contribution in [0.1, 0.15) is 31.9 Å². The van der Waals surface area contributed by atoms with E-state index in [-0.39, 0.29) is 17.5 Å². The Kier molecular flexibility index (Phi) is 6.36. The molecular weight excluding hydrogens is 284 g/mol. The Bertz CT molecular complexity index is 482. The fourth-order valence-corrected chi connectivity index (χ4v) is 1.77. The van der Waals surface area contributed by atoms with Crippen molar-refractivity contribution in [3.05, 3.63) is 23.8 Å². The van der Waals surface area contributed by atoms with Crippen LogP contribution < -0.4 is 14.8 Å². The first-order valence-corrected chi connectivity index (χ1v) is 6.50. The van der Waals surface area contributed by atoms with Crippen LogP contribution in [0.3, 0.4) is 0 Å². The molecule has 0 aliphatic rings. The van der Waals surface area contributed by atoms with Gasteiger partial charge in [-0.2, -0.15) is 8.78 Å². The molecule has 21 heavy (non-hydrogen) atoms. The number of ether oxygens (including phenoxy) is 2. The number of methoxy groups -OCH3 is 1. The van der Waals surface area contributed by atoms with Crippen LogP contribution in [0.2, 0.25) is 0 Å². The van der Waals surface area contributed by atoms with Crippen LogP contribution in [0.25, 0.3) is 0 Å². The van der Waals surface area contributed by atoms with Crippen molar-refractivity contribution in [1.82, 2.24) is 5.32 Å². The van der Waals surface area contributed by atoms with Crippen LogP contribution in [0.15, 0.2) is 18.2 Å². The molecule has 0 saturated heterocycles. The van der Waals surface area contributed by atoms with Gasteiger partial charge in [0.15, 0.2) is 11.5 Å². The molecule has 2 atom stereocenters. The first kappa shape index (κ1) is 17.2. The molecule has 0 amide bonds. The third-order valence-corrected chi connectivity index (χ3v) is 3.05. The molecule has 5 nitrogen and oxygen atoms in total. The monoisotopic (exact) mass is 303 g/mol. The third kappa shape index (κ3) is 4.86. The molecule has 0 aliphatic heterocycles. The van der Waals surface area contributed by atoms with Gasteiger partial charge in [-0.3, -0.25) is 10.1 Å². The summed E-state index contributed by atoms with van der Waals surface area (Å²) in [4.78, 5) is 11.4. The maximum Gasteiger partial charge on any atom is 0.387 e. The van der Waals surface area contributed by atoms with Crippen molar-refractivity contribution >= 4 is 5.97 Å². The molecule has 1 aromatic carbocycles. The lowest BCUT2D eigenvalue weighted by molar-refractivity contribution is -0.139. The number of aliphatic carboxylic acids is 1. The molecule has 0 spiro atoms. The van der Waals surface area contributed by atoms with Gasteiger partial charge in [0.1, 0.15) is 6.04 Å². The first-order valence-electron chi connectivity index (χ1n) is 6.50. The summed E-state index contributed by atoms with van der Waals surface area (Å²) in [7, 11) is 1.32. The van der Waals surface area contributed by atoms with Crippen LogP contribution in [0.4, 0.5) is 8.78 Å². The molecule has 0 heterocycles. The average Bonchev–Trinajstić information content (AvgIpc) is 2.43. The van der Waals surface area contributed by atoms with E-state index in [9.17, 15) is 18.7 Å². The lowest BCUT2D eigenvalue weighted by Gasteiger charge is -2.20. The molecule has 7 heteroatoms. The zero-order valence-corrected chi connectivity index (χ0v) is 12.1. The summed E-state index contributed by atoms with van der Waals surface area (Å²) in [6.07, 6.45) is 0.736. The largest absolute Gasteiger partial charge is 0.493 e. The van der Waals surface area contributed by atoms with Gasteiger partial charge in [0.05, 0.1) is 7.11 Å². The van der Waals surface area contributed by atoms with E-state index in [1.165, 1.54) is 25.3 Å². The predicted octanol–water partition coefficient (Wildman–Crippen LogP) is 2.81. The maximum atomic E-state index is 12.4. The summed E-state index contributed by atoms with van der Waals surface area (Å²) >= 11 is 0. The van der Waals surface area contributed by atoms with E-state index in [0.717, 1.165) is 6.42 Å². The Labute approximate surface area is 121 Å². The Morgan fingerprint density at radius 2 is 2.05 bits per heavy atom. The first-order chi connectivity index (χ1) is 9.88. The van der Waals surface area contributed by atoms with Gasteiger partial charge in [-0.15, -0.1) is 0 Å². The number of halogens is 2. The molecular formula is C14H19F2NO4. The summed E-state index contributed by atoms with van der Waals surface area (Å²) < 4.78 is 34.0. The SMILES string of the molecule is CCC(C)NC(C(=O)O)c1ccc(OC)c(OC(F)F)c1.